The summed E-state index contributed by atoms with van der Waals surface area (Å²) in [7, 11) is 0. The Bertz CT molecular complexity index is 907. The van der Waals surface area contributed by atoms with Crippen LogP contribution in [0.25, 0.3) is 0 Å². The lowest BCUT2D eigenvalue weighted by Crippen LogP contribution is -2.42. The summed E-state index contributed by atoms with van der Waals surface area (Å²) in [6.45, 7) is 2.54. The van der Waals surface area contributed by atoms with Crippen LogP contribution in [0.3, 0.4) is 0 Å². The van der Waals surface area contributed by atoms with Crippen molar-refractivity contribution in [2.24, 2.45) is 5.10 Å². The second-order valence-corrected chi connectivity index (χ2v) is 6.73. The van der Waals surface area contributed by atoms with Crippen molar-refractivity contribution in [2.75, 3.05) is 6.54 Å². The molecule has 7 heteroatoms. The number of carbonyl (C=O) groups excluding carboxylic acids is 3. The molecule has 0 saturated carbocycles. The lowest BCUT2D eigenvalue weighted by Gasteiger charge is -2.11. The van der Waals surface area contributed by atoms with Gasteiger partial charge in [-0.2, -0.15) is 5.10 Å². The first-order valence-electron chi connectivity index (χ1n) is 9.68. The van der Waals surface area contributed by atoms with Crippen LogP contribution in [0.2, 0.25) is 0 Å². The smallest absolute Gasteiger partial charge is 0.269 e. The fraction of sp³-hybridized carbons (Fsp3) is 0.273. The molecule has 7 nitrogen and oxygen atoms in total. The first kappa shape index (κ1) is 20.3. The Balaban J connectivity index is 1.42. The number of benzene rings is 2. The molecule has 1 heterocycles. The van der Waals surface area contributed by atoms with Gasteiger partial charge in [0.15, 0.2) is 0 Å². The van der Waals surface area contributed by atoms with E-state index in [2.05, 4.69) is 16.0 Å². The zero-order valence-electron chi connectivity index (χ0n) is 16.4. The second kappa shape index (κ2) is 9.64. The lowest BCUT2D eigenvalue weighted by atomic mass is 10.1. The number of rotatable bonds is 6. The molecule has 0 spiro atoms. The van der Waals surface area contributed by atoms with Crippen molar-refractivity contribution >= 4 is 23.4 Å². The Morgan fingerprint density at radius 3 is 2.38 bits per heavy atom. The average Bonchev–Trinajstić information content (AvgIpc) is 3.27. The molecule has 0 fully saturated rings. The number of nitrogens with one attached hydrogen (secondary N) is 2. The van der Waals surface area contributed by atoms with Crippen LogP contribution < -0.4 is 10.9 Å². The lowest BCUT2D eigenvalue weighted by molar-refractivity contribution is -0.133. The van der Waals surface area contributed by atoms with E-state index in [1.165, 1.54) is 5.01 Å². The fourth-order valence-electron chi connectivity index (χ4n) is 2.97. The van der Waals surface area contributed by atoms with Crippen LogP contribution in [0.4, 0.5) is 0 Å². The number of hydrogen-bond acceptors (Lipinski definition) is 4. The van der Waals surface area contributed by atoms with Crippen molar-refractivity contribution in [2.45, 2.75) is 32.6 Å². The highest BCUT2D eigenvalue weighted by Gasteiger charge is 2.22. The Kier molecular flexibility index (Phi) is 6.73. The highest BCUT2D eigenvalue weighted by molar-refractivity contribution is 6.02. The molecule has 0 saturated heterocycles. The zero-order chi connectivity index (χ0) is 20.6. The summed E-state index contributed by atoms with van der Waals surface area (Å²) in [6.07, 6.45) is 1.58. The molecule has 2 aromatic rings. The van der Waals surface area contributed by atoms with Gasteiger partial charge < -0.3 is 0 Å². The molecular formula is C22H24N4O3. The first-order valence-corrected chi connectivity index (χ1v) is 9.68. The van der Waals surface area contributed by atoms with E-state index in [0.717, 1.165) is 23.3 Å². The van der Waals surface area contributed by atoms with Gasteiger partial charge in [0.25, 0.3) is 5.91 Å². The van der Waals surface area contributed by atoms with Gasteiger partial charge in [-0.1, -0.05) is 49.4 Å². The molecule has 3 rings (SSSR count). The standard InChI is InChI=1S/C22H24N4O3/c1-2-16-8-10-18(11-9-16)22(29)24-23-20(27)12-13-21(28)26-15-14-19(25-26)17-6-4-3-5-7-17/h3-11H,2,12-15H2,1H3,(H,23,27)(H,24,29). The molecule has 0 atom stereocenters. The largest absolute Gasteiger partial charge is 0.273 e. The Morgan fingerprint density at radius 2 is 1.69 bits per heavy atom. The average molecular weight is 392 g/mol. The molecule has 2 N–H and O–H groups in total. The van der Waals surface area contributed by atoms with E-state index in [1.807, 2.05) is 49.4 Å². The van der Waals surface area contributed by atoms with Crippen LogP contribution in [0, 0.1) is 0 Å². The predicted molar refractivity (Wildman–Crippen MR) is 110 cm³/mol. The topological polar surface area (TPSA) is 90.9 Å². The van der Waals surface area contributed by atoms with Crippen molar-refractivity contribution in [1.29, 1.82) is 0 Å². The van der Waals surface area contributed by atoms with Gasteiger partial charge in [-0.3, -0.25) is 25.2 Å². The fourth-order valence-corrected chi connectivity index (χ4v) is 2.97. The number of hydrazone groups is 1. The summed E-state index contributed by atoms with van der Waals surface area (Å²) in [6, 6.07) is 16.9. The van der Waals surface area contributed by atoms with E-state index in [9.17, 15) is 14.4 Å². The highest BCUT2D eigenvalue weighted by atomic mass is 16.2. The molecule has 3 amide bonds. The van der Waals surface area contributed by atoms with Crippen LogP contribution >= 0.6 is 0 Å². The molecular weight excluding hydrogens is 368 g/mol. The maximum Gasteiger partial charge on any atom is 0.269 e. The van der Waals surface area contributed by atoms with Gasteiger partial charge in [-0.15, -0.1) is 0 Å². The van der Waals surface area contributed by atoms with Crippen molar-refractivity contribution in [1.82, 2.24) is 15.9 Å². The quantitative estimate of drug-likeness (QED) is 0.740. The maximum atomic E-state index is 12.3. The van der Waals surface area contributed by atoms with E-state index in [0.29, 0.717) is 18.5 Å². The number of hydrogen-bond donors (Lipinski definition) is 2. The van der Waals surface area contributed by atoms with Crippen molar-refractivity contribution in [3.63, 3.8) is 0 Å². The van der Waals surface area contributed by atoms with Gasteiger partial charge in [0.05, 0.1) is 12.3 Å². The normalized spacial score (nSPS) is 13.0. The number of nitrogens with zero attached hydrogens (tertiary/aromatic N) is 2. The van der Waals surface area contributed by atoms with E-state index >= 15 is 0 Å². The van der Waals surface area contributed by atoms with E-state index in [1.54, 1.807) is 12.1 Å². The number of aryl methyl sites for hydroxylation is 1. The highest BCUT2D eigenvalue weighted by Crippen LogP contribution is 2.15. The molecule has 0 radical (unpaired) electrons. The second-order valence-electron chi connectivity index (χ2n) is 6.73. The van der Waals surface area contributed by atoms with Crippen LogP contribution in [-0.4, -0.2) is 35.0 Å². The molecule has 29 heavy (non-hydrogen) atoms. The summed E-state index contributed by atoms with van der Waals surface area (Å²) in [5, 5.41) is 5.77. The van der Waals surface area contributed by atoms with E-state index < -0.39 is 11.8 Å². The van der Waals surface area contributed by atoms with Gasteiger partial charge in [0, 0.05) is 24.8 Å². The summed E-state index contributed by atoms with van der Waals surface area (Å²) in [4.78, 5) is 36.3. The minimum atomic E-state index is -0.427. The van der Waals surface area contributed by atoms with Gasteiger partial charge in [-0.05, 0) is 29.7 Å². The first-order chi connectivity index (χ1) is 14.1. The summed E-state index contributed by atoms with van der Waals surface area (Å²) >= 11 is 0. The van der Waals surface area contributed by atoms with Gasteiger partial charge in [-0.25, -0.2) is 5.01 Å². The Morgan fingerprint density at radius 1 is 0.966 bits per heavy atom. The van der Waals surface area contributed by atoms with Crippen molar-refractivity contribution < 1.29 is 14.4 Å². The van der Waals surface area contributed by atoms with Gasteiger partial charge in [0.1, 0.15) is 0 Å². The number of hydrazine groups is 1. The molecule has 0 bridgehead atoms. The molecule has 0 aromatic heterocycles. The molecule has 0 unspecified atom stereocenters. The third kappa shape index (κ3) is 5.51. The van der Waals surface area contributed by atoms with Crippen LogP contribution in [0.5, 0.6) is 0 Å². The van der Waals surface area contributed by atoms with E-state index in [-0.39, 0.29) is 18.7 Å². The SMILES string of the molecule is CCc1ccc(C(=O)NNC(=O)CCC(=O)N2CCC(c3ccccc3)=N2)cc1. The van der Waals surface area contributed by atoms with Gasteiger partial charge >= 0.3 is 0 Å². The third-order valence-electron chi connectivity index (χ3n) is 4.70. The van der Waals surface area contributed by atoms with E-state index in [4.69, 9.17) is 0 Å². The Labute approximate surface area is 169 Å². The minimum absolute atomic E-state index is 0.0263. The third-order valence-corrected chi connectivity index (χ3v) is 4.70. The summed E-state index contributed by atoms with van der Waals surface area (Å²) in [5.74, 6) is -1.04. The molecule has 1 aliphatic heterocycles. The number of carbonyl (C=O) groups is 3. The molecule has 0 aliphatic carbocycles. The maximum absolute atomic E-state index is 12.3. The summed E-state index contributed by atoms with van der Waals surface area (Å²) in [5.41, 5.74) is 8.16. The zero-order valence-corrected chi connectivity index (χ0v) is 16.4. The monoisotopic (exact) mass is 392 g/mol. The van der Waals surface area contributed by atoms with Crippen LogP contribution in [0.15, 0.2) is 59.7 Å². The minimum Gasteiger partial charge on any atom is -0.273 e. The van der Waals surface area contributed by atoms with Crippen molar-refractivity contribution in [3.05, 3.63) is 71.3 Å². The molecule has 2 aromatic carbocycles. The predicted octanol–water partition coefficient (Wildman–Crippen LogP) is 2.43. The van der Waals surface area contributed by atoms with Crippen molar-refractivity contribution in [3.8, 4) is 0 Å². The molecule has 150 valence electrons. The van der Waals surface area contributed by atoms with Crippen LogP contribution in [-0.2, 0) is 16.0 Å². The Hall–Kier alpha value is -3.48. The van der Waals surface area contributed by atoms with Gasteiger partial charge in [0.2, 0.25) is 11.8 Å². The van der Waals surface area contributed by atoms with Crippen LogP contribution in [0.1, 0.15) is 47.7 Å². The molecule has 1 aliphatic rings. The number of amides is 3. The summed E-state index contributed by atoms with van der Waals surface area (Å²) < 4.78 is 0.